The van der Waals surface area contributed by atoms with Gasteiger partial charge in [-0.15, -0.1) is 0 Å². The topological polar surface area (TPSA) is 55.1 Å². The minimum Gasteiger partial charge on any atom is -0.319 e. The van der Waals surface area contributed by atoms with Gasteiger partial charge in [0, 0.05) is 11.7 Å². The predicted octanol–water partition coefficient (Wildman–Crippen LogP) is 5.67. The summed E-state index contributed by atoms with van der Waals surface area (Å²) in [6.45, 7) is 4.31. The number of halogens is 1. The number of carbonyl (C=O) groups is 1. The van der Waals surface area contributed by atoms with Gasteiger partial charge in [0.1, 0.15) is 5.82 Å². The SMILES string of the molecule is CC(CC(=O)C1(N)CCCC(C2=CC=CC3NSC(C)C=C23)CC1)Cc1ccc(F)cc1. The molecule has 1 heterocycles. The van der Waals surface area contributed by atoms with Crippen molar-refractivity contribution < 1.29 is 9.18 Å². The molecule has 1 aromatic carbocycles. The molecule has 5 atom stereocenters. The number of Topliss-reactive ketones (excluding diaryl/α,β-unsaturated/α-hetero) is 1. The molecule has 1 saturated carbocycles. The molecule has 5 heteroatoms. The summed E-state index contributed by atoms with van der Waals surface area (Å²) < 4.78 is 16.7. The lowest BCUT2D eigenvalue weighted by Crippen LogP contribution is -2.48. The van der Waals surface area contributed by atoms with Crippen molar-refractivity contribution in [1.29, 1.82) is 0 Å². The molecular formula is C27H35FN2OS. The van der Waals surface area contributed by atoms with Gasteiger partial charge in [-0.2, -0.15) is 0 Å². The van der Waals surface area contributed by atoms with Crippen LogP contribution in [0.15, 0.2) is 59.7 Å². The Balaban J connectivity index is 1.38. The lowest BCUT2D eigenvalue weighted by atomic mass is 9.79. The van der Waals surface area contributed by atoms with Crippen molar-refractivity contribution in [2.45, 2.75) is 75.6 Å². The molecule has 172 valence electrons. The Morgan fingerprint density at radius 2 is 2.03 bits per heavy atom. The molecular weight excluding hydrogens is 419 g/mol. The van der Waals surface area contributed by atoms with Crippen LogP contribution in [-0.2, 0) is 11.2 Å². The number of ketones is 1. The van der Waals surface area contributed by atoms with Gasteiger partial charge in [0.2, 0.25) is 0 Å². The van der Waals surface area contributed by atoms with E-state index in [-0.39, 0.29) is 23.6 Å². The predicted molar refractivity (Wildman–Crippen MR) is 132 cm³/mol. The maximum Gasteiger partial charge on any atom is 0.152 e. The van der Waals surface area contributed by atoms with E-state index >= 15 is 0 Å². The maximum atomic E-state index is 13.2. The largest absolute Gasteiger partial charge is 0.319 e. The third-order valence-electron chi connectivity index (χ3n) is 7.18. The third-order valence-corrected chi connectivity index (χ3v) is 8.08. The van der Waals surface area contributed by atoms with Gasteiger partial charge in [-0.05, 0) is 79.7 Å². The first-order valence-corrected chi connectivity index (χ1v) is 12.8. The molecule has 0 bridgehead atoms. The van der Waals surface area contributed by atoms with Crippen molar-refractivity contribution in [1.82, 2.24) is 4.72 Å². The Labute approximate surface area is 195 Å². The first-order valence-electron chi connectivity index (χ1n) is 11.9. The number of allylic oxidation sites excluding steroid dienone is 2. The van der Waals surface area contributed by atoms with Crippen LogP contribution in [0.4, 0.5) is 4.39 Å². The average molecular weight is 455 g/mol. The standard InChI is InChI=1S/C27H35FN2OS/c1-18(15-20-8-10-22(28)11-9-20)16-26(31)27(29)13-4-5-21(12-14-27)23-6-3-7-25-24(23)17-19(2)32-30-25/h3,6-11,17-19,21,25,30H,4-5,12-16,29H2,1-2H3. The molecule has 1 fully saturated rings. The van der Waals surface area contributed by atoms with Crippen molar-refractivity contribution in [2.24, 2.45) is 17.6 Å². The zero-order valence-corrected chi connectivity index (χ0v) is 20.0. The number of benzene rings is 1. The summed E-state index contributed by atoms with van der Waals surface area (Å²) in [6.07, 6.45) is 14.8. The number of nitrogens with one attached hydrogen (secondary N) is 1. The lowest BCUT2D eigenvalue weighted by Gasteiger charge is -2.33. The smallest absolute Gasteiger partial charge is 0.152 e. The van der Waals surface area contributed by atoms with Gasteiger partial charge in [0.15, 0.2) is 5.78 Å². The summed E-state index contributed by atoms with van der Waals surface area (Å²) in [5, 5.41) is 0.458. The summed E-state index contributed by atoms with van der Waals surface area (Å²) in [6, 6.07) is 6.86. The van der Waals surface area contributed by atoms with Crippen LogP contribution in [0.25, 0.3) is 0 Å². The Morgan fingerprint density at radius 3 is 2.81 bits per heavy atom. The first kappa shape index (κ1) is 23.5. The maximum absolute atomic E-state index is 13.2. The normalized spacial score (nSPS) is 31.2. The van der Waals surface area contributed by atoms with Crippen molar-refractivity contribution in [3.05, 3.63) is 71.1 Å². The summed E-state index contributed by atoms with van der Waals surface area (Å²) in [5.41, 5.74) is 9.92. The number of fused-ring (bicyclic) bond motifs is 1. The highest BCUT2D eigenvalue weighted by atomic mass is 32.2. The quantitative estimate of drug-likeness (QED) is 0.429. The number of nitrogens with two attached hydrogens (primary N) is 1. The highest BCUT2D eigenvalue weighted by Crippen LogP contribution is 2.40. The fourth-order valence-corrected chi connectivity index (χ4v) is 6.14. The number of hydrogen-bond acceptors (Lipinski definition) is 4. The van der Waals surface area contributed by atoms with E-state index < -0.39 is 5.54 Å². The second-order valence-corrected chi connectivity index (χ2v) is 11.1. The van der Waals surface area contributed by atoms with Crippen molar-refractivity contribution >= 4 is 17.7 Å². The monoisotopic (exact) mass is 454 g/mol. The lowest BCUT2D eigenvalue weighted by molar-refractivity contribution is -0.125. The Morgan fingerprint density at radius 1 is 1.25 bits per heavy atom. The fraction of sp³-hybridized carbons (Fsp3) is 0.519. The number of rotatable bonds is 6. The molecule has 5 unspecified atom stereocenters. The third kappa shape index (κ3) is 5.44. The zero-order valence-electron chi connectivity index (χ0n) is 19.1. The Hall–Kier alpha value is -1.69. The molecule has 0 aromatic heterocycles. The van der Waals surface area contributed by atoms with E-state index in [1.807, 2.05) is 0 Å². The molecule has 0 saturated heterocycles. The van der Waals surface area contributed by atoms with Crippen LogP contribution < -0.4 is 10.5 Å². The minimum absolute atomic E-state index is 0.187. The highest BCUT2D eigenvalue weighted by molar-refractivity contribution is 7.98. The van der Waals surface area contributed by atoms with Gasteiger partial charge in [0.05, 0.1) is 11.6 Å². The molecule has 3 aliphatic rings. The zero-order chi connectivity index (χ0) is 22.7. The van der Waals surface area contributed by atoms with Gasteiger partial charge in [-0.1, -0.05) is 61.7 Å². The van der Waals surface area contributed by atoms with Crippen LogP contribution >= 0.6 is 11.9 Å². The Bertz CT molecular complexity index is 922. The van der Waals surface area contributed by atoms with E-state index in [2.05, 4.69) is 42.9 Å². The van der Waals surface area contributed by atoms with Crippen LogP contribution in [0.5, 0.6) is 0 Å². The van der Waals surface area contributed by atoms with E-state index in [9.17, 15) is 9.18 Å². The van der Waals surface area contributed by atoms with E-state index in [1.54, 1.807) is 24.1 Å². The van der Waals surface area contributed by atoms with Gasteiger partial charge in [-0.25, -0.2) is 4.39 Å². The molecule has 1 aliphatic heterocycles. The molecule has 3 nitrogen and oxygen atoms in total. The van der Waals surface area contributed by atoms with Crippen molar-refractivity contribution in [2.75, 3.05) is 0 Å². The average Bonchev–Trinajstić information content (AvgIpc) is 2.97. The van der Waals surface area contributed by atoms with E-state index in [4.69, 9.17) is 5.73 Å². The van der Waals surface area contributed by atoms with Crippen LogP contribution in [0.3, 0.4) is 0 Å². The second-order valence-electron chi connectivity index (χ2n) is 9.89. The summed E-state index contributed by atoms with van der Waals surface area (Å²) in [5.74, 6) is 0.610. The van der Waals surface area contributed by atoms with E-state index in [1.165, 1.54) is 23.3 Å². The summed E-state index contributed by atoms with van der Waals surface area (Å²) in [4.78, 5) is 13.2. The molecule has 0 spiro atoms. The first-order chi connectivity index (χ1) is 15.3. The summed E-state index contributed by atoms with van der Waals surface area (Å²) in [7, 11) is 0. The molecule has 0 radical (unpaired) electrons. The van der Waals surface area contributed by atoms with E-state index in [0.717, 1.165) is 44.1 Å². The highest BCUT2D eigenvalue weighted by Gasteiger charge is 2.38. The van der Waals surface area contributed by atoms with Crippen LogP contribution in [-0.4, -0.2) is 22.6 Å². The van der Waals surface area contributed by atoms with Crippen molar-refractivity contribution in [3.8, 4) is 0 Å². The van der Waals surface area contributed by atoms with Crippen LogP contribution in [0.1, 0.15) is 57.9 Å². The van der Waals surface area contributed by atoms with Crippen LogP contribution in [0, 0.1) is 17.7 Å². The van der Waals surface area contributed by atoms with Gasteiger partial charge in [-0.3, -0.25) is 9.52 Å². The molecule has 2 aliphatic carbocycles. The Kier molecular flexibility index (Phi) is 7.38. The van der Waals surface area contributed by atoms with Gasteiger partial charge >= 0.3 is 0 Å². The minimum atomic E-state index is -0.724. The molecule has 1 aromatic rings. The second kappa shape index (κ2) is 10.1. The number of carbonyl (C=O) groups excluding carboxylic acids is 1. The van der Waals surface area contributed by atoms with Crippen LogP contribution in [0.2, 0.25) is 0 Å². The van der Waals surface area contributed by atoms with Gasteiger partial charge < -0.3 is 5.73 Å². The van der Waals surface area contributed by atoms with Gasteiger partial charge in [0.25, 0.3) is 0 Å². The molecule has 4 rings (SSSR count). The number of hydrogen-bond donors (Lipinski definition) is 2. The molecule has 3 N–H and O–H groups in total. The molecule has 32 heavy (non-hydrogen) atoms. The fourth-order valence-electron chi connectivity index (χ4n) is 5.36. The van der Waals surface area contributed by atoms with Crippen molar-refractivity contribution in [3.63, 3.8) is 0 Å². The molecule has 0 amide bonds. The van der Waals surface area contributed by atoms with E-state index in [0.29, 0.717) is 17.6 Å². The summed E-state index contributed by atoms with van der Waals surface area (Å²) >= 11 is 1.78.